The van der Waals surface area contributed by atoms with E-state index in [0.29, 0.717) is 19.8 Å². The Morgan fingerprint density at radius 3 is 2.23 bits per heavy atom. The third-order valence-corrected chi connectivity index (χ3v) is 3.74. The van der Waals surface area contributed by atoms with Crippen LogP contribution in [0.1, 0.15) is 19.4 Å². The number of hydrogen-bond acceptors (Lipinski definition) is 4. The van der Waals surface area contributed by atoms with Crippen LogP contribution >= 0.6 is 15.9 Å². The van der Waals surface area contributed by atoms with Crippen LogP contribution in [0.4, 0.5) is 5.69 Å². The molecule has 4 nitrogen and oxygen atoms in total. The lowest BCUT2D eigenvalue weighted by atomic mass is 10.2. The third-order valence-electron chi connectivity index (χ3n) is 3.00. The molecule has 0 unspecified atom stereocenters. The molecule has 0 aromatic heterocycles. The second-order valence-electron chi connectivity index (χ2n) is 4.60. The van der Waals surface area contributed by atoms with Gasteiger partial charge in [-0.25, -0.2) is 5.43 Å². The van der Waals surface area contributed by atoms with Crippen molar-refractivity contribution < 1.29 is 9.47 Å². The fourth-order valence-electron chi connectivity index (χ4n) is 2.01. The molecule has 0 saturated carbocycles. The SMILES string of the molecule is CCOc1cc(Br)c(CNNc2ccccc2)cc1OCC. The molecule has 0 saturated heterocycles. The Kier molecular flexibility index (Phi) is 6.55. The first-order chi connectivity index (χ1) is 10.7. The summed E-state index contributed by atoms with van der Waals surface area (Å²) in [5.74, 6) is 1.53. The van der Waals surface area contributed by atoms with Crippen LogP contribution < -0.4 is 20.3 Å². The van der Waals surface area contributed by atoms with Crippen molar-refractivity contribution in [3.63, 3.8) is 0 Å². The molecular formula is C17H21BrN2O2. The molecule has 0 aliphatic heterocycles. The molecule has 5 heteroatoms. The molecule has 0 amide bonds. The van der Waals surface area contributed by atoms with Crippen LogP contribution in [0, 0.1) is 0 Å². The quantitative estimate of drug-likeness (QED) is 0.682. The van der Waals surface area contributed by atoms with Crippen LogP contribution in [0.5, 0.6) is 11.5 Å². The number of ether oxygens (including phenoxy) is 2. The van der Waals surface area contributed by atoms with Crippen molar-refractivity contribution in [2.24, 2.45) is 0 Å². The lowest BCUT2D eigenvalue weighted by Gasteiger charge is -2.15. The summed E-state index contributed by atoms with van der Waals surface area (Å²) in [6.07, 6.45) is 0. The van der Waals surface area contributed by atoms with E-state index in [-0.39, 0.29) is 0 Å². The van der Waals surface area contributed by atoms with Gasteiger partial charge in [-0.1, -0.05) is 34.1 Å². The van der Waals surface area contributed by atoms with E-state index in [2.05, 4.69) is 26.8 Å². The van der Waals surface area contributed by atoms with Gasteiger partial charge in [0.15, 0.2) is 11.5 Å². The minimum absolute atomic E-state index is 0.608. The van der Waals surface area contributed by atoms with Gasteiger partial charge in [0.2, 0.25) is 0 Å². The van der Waals surface area contributed by atoms with Crippen molar-refractivity contribution >= 4 is 21.6 Å². The fraction of sp³-hybridized carbons (Fsp3) is 0.294. The number of hydrazine groups is 1. The van der Waals surface area contributed by atoms with E-state index in [9.17, 15) is 0 Å². The average molecular weight is 365 g/mol. The maximum absolute atomic E-state index is 5.66. The molecule has 118 valence electrons. The Hall–Kier alpha value is -1.72. The first kappa shape index (κ1) is 16.6. The highest BCUT2D eigenvalue weighted by atomic mass is 79.9. The van der Waals surface area contributed by atoms with Crippen molar-refractivity contribution in [1.29, 1.82) is 0 Å². The number of para-hydroxylation sites is 1. The molecule has 0 atom stereocenters. The van der Waals surface area contributed by atoms with Crippen LogP contribution in [0.15, 0.2) is 46.9 Å². The van der Waals surface area contributed by atoms with E-state index in [1.165, 1.54) is 0 Å². The minimum Gasteiger partial charge on any atom is -0.490 e. The molecule has 2 aromatic rings. The normalized spacial score (nSPS) is 10.3. The molecule has 0 radical (unpaired) electrons. The Morgan fingerprint density at radius 1 is 0.955 bits per heavy atom. The van der Waals surface area contributed by atoms with Crippen LogP contribution in [0.25, 0.3) is 0 Å². The maximum Gasteiger partial charge on any atom is 0.162 e. The van der Waals surface area contributed by atoms with Gasteiger partial charge >= 0.3 is 0 Å². The molecular weight excluding hydrogens is 344 g/mol. The second kappa shape index (κ2) is 8.66. The van der Waals surface area contributed by atoms with E-state index < -0.39 is 0 Å². The van der Waals surface area contributed by atoms with E-state index in [1.807, 2.05) is 56.3 Å². The molecule has 0 fully saturated rings. The zero-order chi connectivity index (χ0) is 15.8. The summed E-state index contributed by atoms with van der Waals surface area (Å²) < 4.78 is 12.3. The van der Waals surface area contributed by atoms with Crippen molar-refractivity contribution in [2.75, 3.05) is 18.6 Å². The van der Waals surface area contributed by atoms with Crippen molar-refractivity contribution in [2.45, 2.75) is 20.4 Å². The smallest absolute Gasteiger partial charge is 0.162 e. The van der Waals surface area contributed by atoms with Crippen LogP contribution in [0.3, 0.4) is 0 Å². The van der Waals surface area contributed by atoms with Crippen molar-refractivity contribution in [3.8, 4) is 11.5 Å². The Balaban J connectivity index is 2.05. The predicted octanol–water partition coefficient (Wildman–Crippen LogP) is 4.36. The molecule has 0 aliphatic carbocycles. The van der Waals surface area contributed by atoms with Gasteiger partial charge in [-0.15, -0.1) is 0 Å². The summed E-state index contributed by atoms with van der Waals surface area (Å²) in [6.45, 7) is 5.80. The van der Waals surface area contributed by atoms with E-state index in [4.69, 9.17) is 9.47 Å². The van der Waals surface area contributed by atoms with Crippen LogP contribution in [-0.4, -0.2) is 13.2 Å². The minimum atomic E-state index is 0.608. The highest BCUT2D eigenvalue weighted by Crippen LogP contribution is 2.33. The van der Waals surface area contributed by atoms with Crippen LogP contribution in [-0.2, 0) is 6.54 Å². The second-order valence-corrected chi connectivity index (χ2v) is 5.46. The molecule has 0 spiro atoms. The fourth-order valence-corrected chi connectivity index (χ4v) is 2.47. The molecule has 2 rings (SSSR count). The highest BCUT2D eigenvalue weighted by molar-refractivity contribution is 9.10. The van der Waals surface area contributed by atoms with Crippen LogP contribution in [0.2, 0.25) is 0 Å². The summed E-state index contributed by atoms with van der Waals surface area (Å²) >= 11 is 3.59. The molecule has 2 aromatic carbocycles. The lowest BCUT2D eigenvalue weighted by molar-refractivity contribution is 0.287. The van der Waals surface area contributed by atoms with Crippen molar-refractivity contribution in [1.82, 2.24) is 5.43 Å². The summed E-state index contributed by atoms with van der Waals surface area (Å²) in [6, 6.07) is 13.9. The lowest BCUT2D eigenvalue weighted by Crippen LogP contribution is -2.21. The first-order valence-corrected chi connectivity index (χ1v) is 8.15. The van der Waals surface area contributed by atoms with Gasteiger partial charge in [0.25, 0.3) is 0 Å². The molecule has 22 heavy (non-hydrogen) atoms. The first-order valence-electron chi connectivity index (χ1n) is 7.36. The molecule has 0 heterocycles. The molecule has 2 N–H and O–H groups in total. The van der Waals surface area contributed by atoms with E-state index in [0.717, 1.165) is 27.2 Å². The summed E-state index contributed by atoms with van der Waals surface area (Å²) in [4.78, 5) is 0. The van der Waals surface area contributed by atoms with Crippen molar-refractivity contribution in [3.05, 3.63) is 52.5 Å². The number of hydrogen-bond donors (Lipinski definition) is 2. The van der Waals surface area contributed by atoms with Gasteiger partial charge in [0, 0.05) is 16.7 Å². The third kappa shape index (κ3) is 4.64. The summed E-state index contributed by atoms with van der Waals surface area (Å²) in [5.41, 5.74) is 8.49. The summed E-state index contributed by atoms with van der Waals surface area (Å²) in [7, 11) is 0. The molecule has 0 bridgehead atoms. The number of rotatable bonds is 8. The van der Waals surface area contributed by atoms with E-state index >= 15 is 0 Å². The monoisotopic (exact) mass is 364 g/mol. The largest absolute Gasteiger partial charge is 0.490 e. The van der Waals surface area contributed by atoms with Gasteiger partial charge < -0.3 is 14.9 Å². The van der Waals surface area contributed by atoms with Gasteiger partial charge in [0.1, 0.15) is 0 Å². The number of benzene rings is 2. The predicted molar refractivity (Wildman–Crippen MR) is 93.4 cm³/mol. The average Bonchev–Trinajstić information content (AvgIpc) is 2.53. The Bertz CT molecular complexity index is 591. The maximum atomic E-state index is 5.66. The van der Waals surface area contributed by atoms with Gasteiger partial charge in [0.05, 0.1) is 13.2 Å². The Labute approximate surface area is 139 Å². The molecule has 0 aliphatic rings. The topological polar surface area (TPSA) is 42.5 Å². The summed E-state index contributed by atoms with van der Waals surface area (Å²) in [5, 5.41) is 0. The van der Waals surface area contributed by atoms with E-state index in [1.54, 1.807) is 0 Å². The standard InChI is InChI=1S/C17H21BrN2O2/c1-3-21-16-10-13(15(18)11-17(16)22-4-2)12-19-20-14-8-6-5-7-9-14/h5-11,19-20H,3-4,12H2,1-2H3. The number of halogens is 1. The number of nitrogens with one attached hydrogen (secondary N) is 2. The Morgan fingerprint density at radius 2 is 1.59 bits per heavy atom. The highest BCUT2D eigenvalue weighted by Gasteiger charge is 2.10. The number of anilines is 1. The van der Waals surface area contributed by atoms with Gasteiger partial charge in [-0.05, 0) is 43.7 Å². The zero-order valence-corrected chi connectivity index (χ0v) is 14.4. The van der Waals surface area contributed by atoms with Gasteiger partial charge in [-0.2, -0.15) is 0 Å². The van der Waals surface area contributed by atoms with Gasteiger partial charge in [-0.3, -0.25) is 0 Å². The zero-order valence-electron chi connectivity index (χ0n) is 12.9.